The van der Waals surface area contributed by atoms with Crippen LogP contribution in [0.3, 0.4) is 0 Å². The number of nitrogens with zero attached hydrogens (tertiary/aromatic N) is 2. The van der Waals surface area contributed by atoms with Crippen LogP contribution >= 0.6 is 0 Å². The van der Waals surface area contributed by atoms with E-state index in [4.69, 9.17) is 5.73 Å². The zero-order chi connectivity index (χ0) is 29.7. The van der Waals surface area contributed by atoms with Crippen molar-refractivity contribution < 1.29 is 50.0 Å². The Labute approximate surface area is 223 Å². The van der Waals surface area contributed by atoms with Crippen molar-refractivity contribution in [3.8, 4) is 5.75 Å². The molecule has 3 aliphatic carbocycles. The van der Waals surface area contributed by atoms with Gasteiger partial charge in [-0.2, -0.15) is 0 Å². The van der Waals surface area contributed by atoms with Gasteiger partial charge in [-0.05, 0) is 25.4 Å². The van der Waals surface area contributed by atoms with E-state index in [0.29, 0.717) is 0 Å². The lowest BCUT2D eigenvalue weighted by molar-refractivity contribution is -0.730. The molecule has 6 atom stereocenters. The summed E-state index contributed by atoms with van der Waals surface area (Å²) in [5.74, 6) is -10.6. The molecule has 3 aliphatic rings. The Kier molecular flexibility index (Phi) is 6.22. The number of fused-ring (bicyclic) bond motifs is 3. The molecule has 1 aromatic carbocycles. The number of nitrogens with two attached hydrogens (primary N) is 1. The first kappa shape index (κ1) is 28.2. The monoisotopic (exact) mass is 546 g/mol. The molecule has 4 rings (SSSR count). The predicted molar refractivity (Wildman–Crippen MR) is 134 cm³/mol. The number of Topliss-reactive ketones (excluding diaryl/α,β-unsaturated/α-hetero) is 2. The molecule has 0 bridgehead atoms. The number of rotatable bonds is 3. The quantitative estimate of drug-likeness (QED) is 0.207. The fourth-order valence-electron chi connectivity index (χ4n) is 6.48. The zero-order valence-corrected chi connectivity index (χ0v) is 22.3. The number of ketones is 2. The minimum Gasteiger partial charge on any atom is -0.510 e. The lowest BCUT2D eigenvalue weighted by Crippen LogP contribution is -2.68. The number of amides is 1. The first-order valence-corrected chi connectivity index (χ1v) is 12.2. The highest BCUT2D eigenvalue weighted by Crippen LogP contribution is 2.57. The molecular formula is C26H32N3O10+. The molecule has 0 aliphatic heterocycles. The topological polar surface area (TPSA) is 222 Å². The highest BCUT2D eigenvalue weighted by atomic mass is 16.6. The third kappa shape index (κ3) is 3.53. The van der Waals surface area contributed by atoms with E-state index in [-0.39, 0.29) is 16.8 Å². The second-order valence-corrected chi connectivity index (χ2v) is 11.7. The van der Waals surface area contributed by atoms with E-state index >= 15 is 0 Å². The van der Waals surface area contributed by atoms with Crippen molar-refractivity contribution in [1.82, 2.24) is 4.90 Å². The molecule has 0 fully saturated rings. The largest absolute Gasteiger partial charge is 0.510 e. The number of carbonyl (C=O) groups excluding carboxylic acids is 3. The fourth-order valence-corrected chi connectivity index (χ4v) is 6.48. The van der Waals surface area contributed by atoms with Crippen molar-refractivity contribution in [1.29, 1.82) is 0 Å². The third-order valence-corrected chi connectivity index (χ3v) is 8.22. The predicted octanol–water partition coefficient (Wildman–Crippen LogP) is 0.750. The number of aliphatic hydroxyl groups excluding tert-OH is 3. The number of benzene rings is 1. The van der Waals surface area contributed by atoms with E-state index in [1.54, 1.807) is 20.8 Å². The molecule has 8 N–H and O–H groups in total. The fraction of sp³-hybridized carbons (Fsp3) is 0.500. The van der Waals surface area contributed by atoms with Crippen LogP contribution in [0, 0.1) is 16.7 Å². The van der Waals surface area contributed by atoms with Gasteiger partial charge in [0.15, 0.2) is 11.4 Å². The number of likely N-dealkylation sites (N-methyl/N-ethyl adjacent to an activating group) is 1. The summed E-state index contributed by atoms with van der Waals surface area (Å²) in [5, 5.41) is 66.8. The minimum absolute atomic E-state index is 0.114. The van der Waals surface area contributed by atoms with E-state index in [1.165, 1.54) is 32.0 Å². The number of phenols is 1. The third-order valence-electron chi connectivity index (χ3n) is 8.22. The Morgan fingerprint density at radius 2 is 1.72 bits per heavy atom. The molecule has 0 spiro atoms. The van der Waals surface area contributed by atoms with Crippen molar-refractivity contribution in [2.75, 3.05) is 14.1 Å². The van der Waals surface area contributed by atoms with Crippen LogP contribution in [0.1, 0.15) is 55.1 Å². The Balaban J connectivity index is 2.12. The lowest BCUT2D eigenvalue weighted by atomic mass is 9.55. The molecule has 0 heterocycles. The summed E-state index contributed by atoms with van der Waals surface area (Å²) in [5.41, 5.74) is -0.996. The Morgan fingerprint density at radius 3 is 2.18 bits per heavy atom. The van der Waals surface area contributed by atoms with Crippen LogP contribution in [0.5, 0.6) is 5.75 Å². The Morgan fingerprint density at radius 1 is 1.15 bits per heavy atom. The number of carbonyl (C=O) groups is 3. The molecule has 0 saturated carbocycles. The van der Waals surface area contributed by atoms with Gasteiger partial charge < -0.3 is 31.3 Å². The van der Waals surface area contributed by atoms with Gasteiger partial charge in [0.25, 0.3) is 10.8 Å². The standard InChI is InChI=1S/C26H31N3O10/c1-8-11-10(29(38)39)7-9(25(2,3)4)18(30)13(11)19(31)14-12(8)20(32)16-17(28(5)6)21(33)15(24(27)36)23(35)26(16,37)22(14)34/h7-8,12,16-17,20,32,37H,1-6H3,(H5-,27,30,31,33,34,35,36,38,39)/p+1/t8-,12+,16+,17-,20-,26-/m0/s1. The summed E-state index contributed by atoms with van der Waals surface area (Å²) in [4.78, 5) is 52.6. The van der Waals surface area contributed by atoms with Gasteiger partial charge >= 0.3 is 5.69 Å². The van der Waals surface area contributed by atoms with Gasteiger partial charge in [0.2, 0.25) is 5.78 Å². The molecule has 0 unspecified atom stereocenters. The van der Waals surface area contributed by atoms with Crippen LogP contribution in [0.25, 0.3) is 0 Å². The van der Waals surface area contributed by atoms with Crippen molar-refractivity contribution in [3.05, 3.63) is 50.3 Å². The molecule has 0 radical (unpaired) electrons. The van der Waals surface area contributed by atoms with Gasteiger partial charge in [0.05, 0.1) is 34.1 Å². The van der Waals surface area contributed by atoms with Crippen LogP contribution < -0.4 is 5.73 Å². The molecular weight excluding hydrogens is 514 g/mol. The minimum atomic E-state index is -3.05. The molecule has 39 heavy (non-hydrogen) atoms. The van der Waals surface area contributed by atoms with Crippen LogP contribution in [0.4, 0.5) is 5.69 Å². The van der Waals surface area contributed by atoms with E-state index in [0.717, 1.165) is 0 Å². The van der Waals surface area contributed by atoms with Crippen LogP contribution in [-0.2, 0) is 15.0 Å². The average Bonchev–Trinajstić information content (AvgIpc) is 2.79. The zero-order valence-electron chi connectivity index (χ0n) is 22.3. The maximum absolute atomic E-state index is 14.0. The van der Waals surface area contributed by atoms with Crippen molar-refractivity contribution in [2.45, 2.75) is 56.8 Å². The van der Waals surface area contributed by atoms with Gasteiger partial charge in [-0.25, -0.2) is 5.21 Å². The number of aliphatic hydroxyl groups is 4. The number of phenolic OH excluding ortho intramolecular Hbond substituents is 1. The van der Waals surface area contributed by atoms with Crippen LogP contribution in [0.15, 0.2) is 28.7 Å². The SMILES string of the molecule is C[C@H]1c2c([N+](=O)O)cc(C(C)(C)C)c(O)c2C(=O)C2=C(O)[C@]3(O)C(=O)C(C(N)=O)=C(O)[C@@H](N(C)C)[C@@H]3[C@@H](O)[C@@H]21. The molecule has 210 valence electrons. The van der Waals surface area contributed by atoms with Crippen LogP contribution in [0.2, 0.25) is 0 Å². The van der Waals surface area contributed by atoms with E-state index in [9.17, 15) is 50.0 Å². The van der Waals surface area contributed by atoms with Crippen molar-refractivity contribution >= 4 is 23.2 Å². The number of hydrogen-bond donors (Lipinski definition) is 7. The molecule has 0 aromatic heterocycles. The number of aromatic hydroxyl groups is 1. The van der Waals surface area contributed by atoms with E-state index < -0.39 is 97.3 Å². The summed E-state index contributed by atoms with van der Waals surface area (Å²) in [6.07, 6.45) is -1.82. The van der Waals surface area contributed by atoms with Gasteiger partial charge in [-0.1, -0.05) is 27.7 Å². The van der Waals surface area contributed by atoms with Crippen molar-refractivity contribution in [3.63, 3.8) is 0 Å². The second-order valence-electron chi connectivity index (χ2n) is 11.7. The van der Waals surface area contributed by atoms with Gasteiger partial charge in [-0.15, -0.1) is 0 Å². The molecule has 1 aromatic rings. The first-order chi connectivity index (χ1) is 17.8. The van der Waals surface area contributed by atoms with Gasteiger partial charge in [-0.3, -0.25) is 19.3 Å². The molecule has 1 amide bonds. The summed E-state index contributed by atoms with van der Waals surface area (Å²) >= 11 is 0. The molecule has 13 nitrogen and oxygen atoms in total. The highest BCUT2D eigenvalue weighted by molar-refractivity contribution is 6.25. The Hall–Kier alpha value is -3.81. The lowest BCUT2D eigenvalue weighted by Gasteiger charge is -2.53. The Bertz CT molecular complexity index is 1420. The van der Waals surface area contributed by atoms with E-state index in [2.05, 4.69) is 0 Å². The summed E-state index contributed by atoms with van der Waals surface area (Å²) in [6.45, 7) is 6.53. The van der Waals surface area contributed by atoms with Gasteiger partial charge in [0, 0.05) is 23.1 Å². The molecule has 0 saturated heterocycles. The smallest absolute Gasteiger partial charge is 0.321 e. The van der Waals surface area contributed by atoms with Gasteiger partial charge in [0.1, 0.15) is 22.8 Å². The maximum Gasteiger partial charge on any atom is 0.321 e. The highest BCUT2D eigenvalue weighted by Gasteiger charge is 2.67. The average molecular weight is 547 g/mol. The summed E-state index contributed by atoms with van der Waals surface area (Å²) in [6, 6.07) is -0.187. The number of hydrogen-bond acceptors (Lipinski definition) is 10. The van der Waals surface area contributed by atoms with Crippen LogP contribution in [-0.4, -0.2) is 89.9 Å². The summed E-state index contributed by atoms with van der Waals surface area (Å²) < 4.78 is 0. The molecule has 13 heteroatoms. The number of primary amides is 1. The maximum atomic E-state index is 14.0. The van der Waals surface area contributed by atoms with E-state index in [1.807, 2.05) is 0 Å². The normalized spacial score (nSPS) is 30.7. The summed E-state index contributed by atoms with van der Waals surface area (Å²) in [7, 11) is 2.85. The van der Waals surface area contributed by atoms with Crippen molar-refractivity contribution in [2.24, 2.45) is 17.6 Å². The second kappa shape index (κ2) is 8.60. The first-order valence-electron chi connectivity index (χ1n) is 12.2.